The number of β-amino-alcohol motifs (C(OH)–C–C–N with tert-alkyl or cyclic N) is 1. The third kappa shape index (κ3) is 7.51. The van der Waals surface area contributed by atoms with Crippen LogP contribution in [0.1, 0.15) is 72.1 Å². The molecule has 16 heteroatoms. The number of benzene rings is 2. The minimum absolute atomic E-state index is 0.0625. The summed E-state index contributed by atoms with van der Waals surface area (Å²) >= 11 is 13.9. The lowest BCUT2D eigenvalue weighted by Gasteiger charge is -2.38. The molecule has 3 aliphatic heterocycles. The van der Waals surface area contributed by atoms with Gasteiger partial charge in [0.25, 0.3) is 12.3 Å². The van der Waals surface area contributed by atoms with E-state index in [-0.39, 0.29) is 50.8 Å². The Morgan fingerprint density at radius 3 is 2.35 bits per heavy atom. The number of anilines is 3. The van der Waals surface area contributed by atoms with Crippen molar-refractivity contribution in [3.05, 3.63) is 87.5 Å². The third-order valence-electron chi connectivity index (χ3n) is 10.4. The number of fused-ring (bicyclic) bond motifs is 2. The monoisotopic (exact) mass is 777 g/mol. The van der Waals surface area contributed by atoms with Crippen molar-refractivity contribution < 1.29 is 23.8 Å². The maximum Gasteiger partial charge on any atom is 0.297 e. The molecule has 1 amide bonds. The van der Waals surface area contributed by atoms with Crippen LogP contribution in [0, 0.1) is 0 Å². The summed E-state index contributed by atoms with van der Waals surface area (Å²) in [7, 11) is 0. The number of aryl methyl sites for hydroxylation is 1. The fourth-order valence-corrected chi connectivity index (χ4v) is 8.24. The van der Waals surface area contributed by atoms with Crippen molar-refractivity contribution in [3.8, 4) is 11.1 Å². The molecule has 2 fully saturated rings. The number of nitrogens with zero attached hydrogens (tertiary/aromatic N) is 7. The van der Waals surface area contributed by atoms with Gasteiger partial charge >= 0.3 is 0 Å². The Balaban J connectivity index is 1.04. The number of hydrogen-bond donors (Lipinski definition) is 4. The summed E-state index contributed by atoms with van der Waals surface area (Å²) < 4.78 is 29.9. The Morgan fingerprint density at radius 1 is 0.907 bits per heavy atom. The highest BCUT2D eigenvalue weighted by atomic mass is 35.5. The van der Waals surface area contributed by atoms with Gasteiger partial charge < -0.3 is 20.8 Å². The topological polar surface area (TPSA) is 145 Å². The van der Waals surface area contributed by atoms with E-state index in [4.69, 9.17) is 23.2 Å². The Bertz CT molecular complexity index is 2200. The van der Waals surface area contributed by atoms with Gasteiger partial charge in [-0.3, -0.25) is 24.3 Å². The molecule has 12 nitrogen and oxygen atoms in total. The molecule has 2 aromatic carbocycles. The smallest absolute Gasteiger partial charge is 0.297 e. The molecule has 8 rings (SSSR count). The van der Waals surface area contributed by atoms with Crippen molar-refractivity contribution in [2.75, 3.05) is 36.8 Å². The maximum atomic E-state index is 14.0. The predicted octanol–water partition coefficient (Wildman–Crippen LogP) is 6.99. The summed E-state index contributed by atoms with van der Waals surface area (Å²) in [5, 5.41) is 31.1. The highest BCUT2D eigenvalue weighted by molar-refractivity contribution is 6.39. The van der Waals surface area contributed by atoms with E-state index in [2.05, 4.69) is 40.5 Å². The number of halogens is 4. The second-order valence-corrected chi connectivity index (χ2v) is 14.9. The fourth-order valence-electron chi connectivity index (χ4n) is 7.69. The van der Waals surface area contributed by atoms with Gasteiger partial charge in [0.15, 0.2) is 17.3 Å². The van der Waals surface area contributed by atoms with Crippen LogP contribution in [-0.2, 0) is 13.1 Å². The lowest BCUT2D eigenvalue weighted by atomic mass is 9.98. The number of aliphatic hydroxyl groups is 2. The average molecular weight is 779 g/mol. The second-order valence-electron chi connectivity index (χ2n) is 14.1. The summed E-state index contributed by atoms with van der Waals surface area (Å²) in [6.07, 6.45) is 2.14. The van der Waals surface area contributed by atoms with Crippen LogP contribution in [0.25, 0.3) is 22.2 Å². The van der Waals surface area contributed by atoms with Crippen LogP contribution in [0.2, 0.25) is 10.0 Å². The number of carbonyl (C=O) groups is 1. The van der Waals surface area contributed by atoms with Crippen molar-refractivity contribution in [1.82, 2.24) is 34.5 Å². The molecule has 3 aromatic heterocycles. The van der Waals surface area contributed by atoms with Gasteiger partial charge in [-0.15, -0.1) is 0 Å². The molecule has 5 aromatic rings. The Hall–Kier alpha value is -4.31. The lowest BCUT2D eigenvalue weighted by molar-refractivity contribution is 0.0512. The first-order valence-corrected chi connectivity index (χ1v) is 18.9. The first kappa shape index (κ1) is 36.7. The van der Waals surface area contributed by atoms with Crippen molar-refractivity contribution in [3.63, 3.8) is 0 Å². The van der Waals surface area contributed by atoms with Crippen molar-refractivity contribution in [2.45, 2.75) is 69.9 Å². The Kier molecular flexibility index (Phi) is 10.5. The van der Waals surface area contributed by atoms with Gasteiger partial charge in [0.05, 0.1) is 50.9 Å². The summed E-state index contributed by atoms with van der Waals surface area (Å²) in [4.78, 5) is 30.7. The molecule has 0 spiro atoms. The third-order valence-corrected chi connectivity index (χ3v) is 11.2. The van der Waals surface area contributed by atoms with E-state index in [0.717, 1.165) is 63.1 Å². The number of carbonyl (C=O) groups excluding carboxylic acids is 1. The average Bonchev–Trinajstić information content (AvgIpc) is 3.79. The van der Waals surface area contributed by atoms with Gasteiger partial charge in [-0.1, -0.05) is 47.5 Å². The van der Waals surface area contributed by atoms with E-state index >= 15 is 0 Å². The molecule has 4 N–H and O–H groups in total. The van der Waals surface area contributed by atoms with Crippen LogP contribution < -0.4 is 10.6 Å². The predicted molar refractivity (Wildman–Crippen MR) is 202 cm³/mol. The zero-order valence-electron chi connectivity index (χ0n) is 29.2. The summed E-state index contributed by atoms with van der Waals surface area (Å²) in [6.45, 7) is 4.09. The molecule has 282 valence electrons. The fraction of sp³-hybridized carbons (Fsp3) is 0.395. The summed E-state index contributed by atoms with van der Waals surface area (Å²) in [5.41, 5.74) is 4.41. The van der Waals surface area contributed by atoms with E-state index in [1.165, 1.54) is 0 Å². The number of pyridine rings is 1. The number of likely N-dealkylation sites (tertiary alicyclic amines) is 2. The second kappa shape index (κ2) is 15.4. The Morgan fingerprint density at radius 2 is 1.63 bits per heavy atom. The minimum atomic E-state index is -2.93. The number of hydrogen-bond acceptors (Lipinski definition) is 10. The van der Waals surface area contributed by atoms with Crippen LogP contribution in [0.15, 0.2) is 54.7 Å². The minimum Gasteiger partial charge on any atom is -0.393 e. The van der Waals surface area contributed by atoms with Crippen LogP contribution in [0.3, 0.4) is 0 Å². The summed E-state index contributed by atoms with van der Waals surface area (Å²) in [5.74, 6) is -0.989. The van der Waals surface area contributed by atoms with Gasteiger partial charge in [-0.25, -0.2) is 18.7 Å². The highest BCUT2D eigenvalue weighted by Gasteiger charge is 2.31. The van der Waals surface area contributed by atoms with Crippen LogP contribution >= 0.6 is 23.2 Å². The number of aromatic nitrogens is 5. The zero-order valence-corrected chi connectivity index (χ0v) is 30.7. The molecular formula is C38H39Cl2F2N9O3. The highest BCUT2D eigenvalue weighted by Crippen LogP contribution is 2.42. The largest absolute Gasteiger partial charge is 0.393 e. The molecule has 54 heavy (non-hydrogen) atoms. The van der Waals surface area contributed by atoms with Crippen molar-refractivity contribution >= 4 is 57.3 Å². The maximum absolute atomic E-state index is 14.0. The SMILES string of the molecule is O=C(Nc1cccc(-c2cccc(Nc3nc(C(F)F)nc4cc(CN5CC[C@@H](O)C5)cnc34)c2Cl)c1Cl)c1cc2n(n1)CCC[C@H]2N1CCC(O)CC1. The van der Waals surface area contributed by atoms with Crippen molar-refractivity contribution in [2.24, 2.45) is 0 Å². The van der Waals surface area contributed by atoms with Gasteiger partial charge in [0.1, 0.15) is 5.52 Å². The molecule has 2 atom stereocenters. The molecule has 0 saturated carbocycles. The number of amides is 1. The molecule has 0 unspecified atom stereocenters. The van der Waals surface area contributed by atoms with Crippen molar-refractivity contribution in [1.29, 1.82) is 0 Å². The van der Waals surface area contributed by atoms with E-state index < -0.39 is 18.2 Å². The van der Waals surface area contributed by atoms with E-state index in [1.807, 2.05) is 10.7 Å². The molecule has 0 aliphatic carbocycles. The van der Waals surface area contributed by atoms with Gasteiger partial charge in [-0.2, -0.15) is 5.10 Å². The van der Waals surface area contributed by atoms with E-state index in [0.29, 0.717) is 42.0 Å². The number of nitrogens with one attached hydrogen (secondary N) is 2. The number of rotatable bonds is 9. The van der Waals surface area contributed by atoms with E-state index in [1.54, 1.807) is 48.7 Å². The quantitative estimate of drug-likeness (QED) is 0.124. The Labute approximate surface area is 320 Å². The molecule has 2 saturated heterocycles. The van der Waals surface area contributed by atoms with Crippen LogP contribution in [0.4, 0.5) is 26.0 Å². The molecular weight excluding hydrogens is 739 g/mol. The summed E-state index contributed by atoms with van der Waals surface area (Å²) in [6, 6.07) is 14.1. The first-order valence-electron chi connectivity index (χ1n) is 18.1. The lowest BCUT2D eigenvalue weighted by Crippen LogP contribution is -2.40. The van der Waals surface area contributed by atoms with E-state index in [9.17, 15) is 23.8 Å². The number of piperidine rings is 1. The van der Waals surface area contributed by atoms with Gasteiger partial charge in [0, 0.05) is 56.6 Å². The number of aliphatic hydroxyl groups excluding tert-OH is 2. The normalized spacial score (nSPS) is 19.8. The molecule has 0 bridgehead atoms. The first-order chi connectivity index (χ1) is 26.1. The number of alkyl halides is 2. The standard InChI is InChI=1S/C38H39Cl2F2N9O3/c39-32-24(4-1-6-26(32)44-36-34-28(45-37(47-36)35(41)42)16-21(18-43-34)19-49-13-9-23(53)20-49)25-5-2-7-27(33(25)40)46-38(54)29-17-31-30(8-3-12-51(31)48-29)50-14-10-22(52)11-15-50/h1-2,4-7,16-18,22-23,30,35,52-53H,3,8-15,19-20H2,(H,46,54)(H,44,45,47)/t23-,30-/m1/s1. The zero-order chi connectivity index (χ0) is 37.5. The van der Waals surface area contributed by atoms with Gasteiger partial charge in [0.2, 0.25) is 0 Å². The molecule has 6 heterocycles. The van der Waals surface area contributed by atoms with Gasteiger partial charge in [-0.05, 0) is 61.9 Å². The van der Waals surface area contributed by atoms with Crippen LogP contribution in [0.5, 0.6) is 0 Å². The van der Waals surface area contributed by atoms with Crippen LogP contribution in [-0.4, -0.2) is 89.0 Å². The molecule has 3 aliphatic rings. The molecule has 0 radical (unpaired) electrons.